The number of benzene rings is 1. The number of hydrogen-bond acceptors (Lipinski definition) is 6. The second-order valence-corrected chi connectivity index (χ2v) is 4.77. The van der Waals surface area contributed by atoms with Crippen LogP contribution in [0.25, 0.3) is 0 Å². The Morgan fingerprint density at radius 2 is 2.10 bits per heavy atom. The van der Waals surface area contributed by atoms with Crippen molar-refractivity contribution >= 4 is 23.6 Å². The van der Waals surface area contributed by atoms with Crippen LogP contribution >= 0.6 is 11.3 Å². The summed E-state index contributed by atoms with van der Waals surface area (Å²) >= 11 is 1.34. The van der Waals surface area contributed by atoms with Crippen LogP contribution in [0.2, 0.25) is 0 Å². The Bertz CT molecular complexity index is 591. The first-order valence-corrected chi connectivity index (χ1v) is 6.90. The topological polar surface area (TPSA) is 65.5 Å². The van der Waals surface area contributed by atoms with Gasteiger partial charge in [-0.3, -0.25) is 4.79 Å². The second kappa shape index (κ2) is 6.81. The third-order valence-electron chi connectivity index (χ3n) is 2.41. The van der Waals surface area contributed by atoms with E-state index in [9.17, 15) is 9.59 Å². The van der Waals surface area contributed by atoms with Gasteiger partial charge in [0.15, 0.2) is 5.69 Å². The first-order valence-electron chi connectivity index (χ1n) is 6.02. The summed E-state index contributed by atoms with van der Waals surface area (Å²) in [4.78, 5) is 26.1. The third-order valence-corrected chi connectivity index (χ3v) is 3.24. The van der Waals surface area contributed by atoms with Crippen LogP contribution in [-0.2, 0) is 11.3 Å². The molecule has 5 nitrogen and oxygen atoms in total. The van der Waals surface area contributed by atoms with E-state index >= 15 is 0 Å². The lowest BCUT2D eigenvalue weighted by atomic mass is 10.2. The highest BCUT2D eigenvalue weighted by Crippen LogP contribution is 2.16. The molecule has 2 rings (SSSR count). The van der Waals surface area contributed by atoms with E-state index in [0.717, 1.165) is 6.29 Å². The molecule has 0 fully saturated rings. The maximum absolute atomic E-state index is 11.5. The van der Waals surface area contributed by atoms with Crippen LogP contribution in [0.15, 0.2) is 29.6 Å². The number of carbonyl (C=O) groups is 2. The van der Waals surface area contributed by atoms with Gasteiger partial charge in [-0.2, -0.15) is 0 Å². The Morgan fingerprint density at radius 3 is 2.75 bits per heavy atom. The molecule has 104 valence electrons. The van der Waals surface area contributed by atoms with Gasteiger partial charge in [0.1, 0.15) is 23.7 Å². The largest absolute Gasteiger partial charge is 0.486 e. The molecule has 0 radical (unpaired) electrons. The number of thiazole rings is 1. The fraction of sp³-hybridized carbons (Fsp3) is 0.214. The van der Waals surface area contributed by atoms with Crippen molar-refractivity contribution in [3.05, 3.63) is 45.9 Å². The number of ether oxygens (including phenoxy) is 2. The van der Waals surface area contributed by atoms with Crippen LogP contribution in [0.4, 0.5) is 0 Å². The van der Waals surface area contributed by atoms with Crippen molar-refractivity contribution in [2.45, 2.75) is 13.5 Å². The van der Waals surface area contributed by atoms with Gasteiger partial charge < -0.3 is 9.47 Å². The van der Waals surface area contributed by atoms with E-state index in [1.54, 1.807) is 36.6 Å². The molecule has 0 aliphatic rings. The van der Waals surface area contributed by atoms with Crippen LogP contribution in [0.5, 0.6) is 5.75 Å². The standard InChI is InChI=1S/C14H13NO4S/c1-2-18-14(17)12-9-20-13(15-12)8-19-11-5-3-10(7-16)4-6-11/h3-7,9H,2,8H2,1H3. The minimum Gasteiger partial charge on any atom is -0.486 e. The van der Waals surface area contributed by atoms with E-state index in [1.807, 2.05) is 0 Å². The molecule has 0 N–H and O–H groups in total. The number of carbonyl (C=O) groups excluding carboxylic acids is 2. The van der Waals surface area contributed by atoms with Crippen molar-refractivity contribution in [2.75, 3.05) is 6.61 Å². The molecule has 1 aromatic carbocycles. The van der Waals surface area contributed by atoms with E-state index in [1.165, 1.54) is 11.3 Å². The SMILES string of the molecule is CCOC(=O)c1csc(COc2ccc(C=O)cc2)n1. The summed E-state index contributed by atoms with van der Waals surface area (Å²) in [5.74, 6) is 0.217. The van der Waals surface area contributed by atoms with Crippen LogP contribution in [0.3, 0.4) is 0 Å². The van der Waals surface area contributed by atoms with Crippen molar-refractivity contribution in [1.82, 2.24) is 4.98 Å². The Morgan fingerprint density at radius 1 is 1.35 bits per heavy atom. The van der Waals surface area contributed by atoms with E-state index in [2.05, 4.69) is 4.98 Å². The molecule has 0 bridgehead atoms. The number of aldehydes is 1. The van der Waals surface area contributed by atoms with E-state index < -0.39 is 5.97 Å². The molecule has 1 aromatic heterocycles. The minimum absolute atomic E-state index is 0.268. The van der Waals surface area contributed by atoms with Gasteiger partial charge >= 0.3 is 5.97 Å². The number of hydrogen-bond donors (Lipinski definition) is 0. The highest BCUT2D eigenvalue weighted by atomic mass is 32.1. The molecule has 0 aliphatic heterocycles. The highest BCUT2D eigenvalue weighted by molar-refractivity contribution is 7.09. The quantitative estimate of drug-likeness (QED) is 0.605. The van der Waals surface area contributed by atoms with Gasteiger partial charge in [0.05, 0.1) is 6.61 Å². The average Bonchev–Trinajstić information content (AvgIpc) is 2.95. The Kier molecular flexibility index (Phi) is 4.84. The molecular weight excluding hydrogens is 278 g/mol. The molecule has 20 heavy (non-hydrogen) atoms. The first-order chi connectivity index (χ1) is 9.72. The summed E-state index contributed by atoms with van der Waals surface area (Å²) in [6, 6.07) is 6.77. The molecule has 2 aromatic rings. The third kappa shape index (κ3) is 3.64. The summed E-state index contributed by atoms with van der Waals surface area (Å²) < 4.78 is 10.4. The van der Waals surface area contributed by atoms with Crippen molar-refractivity contribution in [1.29, 1.82) is 0 Å². The first kappa shape index (κ1) is 14.2. The van der Waals surface area contributed by atoms with Crippen LogP contribution in [0, 0.1) is 0 Å². The van der Waals surface area contributed by atoms with Crippen molar-refractivity contribution in [3.63, 3.8) is 0 Å². The van der Waals surface area contributed by atoms with Crippen molar-refractivity contribution < 1.29 is 19.1 Å². The van der Waals surface area contributed by atoms with Gasteiger partial charge in [-0.05, 0) is 31.2 Å². The molecule has 0 aliphatic carbocycles. The lowest BCUT2D eigenvalue weighted by Crippen LogP contribution is -2.05. The predicted molar refractivity (Wildman–Crippen MR) is 74.2 cm³/mol. The highest BCUT2D eigenvalue weighted by Gasteiger charge is 2.11. The van der Waals surface area contributed by atoms with Gasteiger partial charge in [0, 0.05) is 10.9 Å². The molecule has 0 saturated heterocycles. The average molecular weight is 291 g/mol. The van der Waals surface area contributed by atoms with Crippen LogP contribution < -0.4 is 4.74 Å². The monoisotopic (exact) mass is 291 g/mol. The lowest BCUT2D eigenvalue weighted by Gasteiger charge is -2.03. The van der Waals surface area contributed by atoms with E-state index in [-0.39, 0.29) is 6.61 Å². The second-order valence-electron chi connectivity index (χ2n) is 3.82. The van der Waals surface area contributed by atoms with Gasteiger partial charge in [-0.1, -0.05) is 0 Å². The molecule has 6 heteroatoms. The maximum atomic E-state index is 11.5. The van der Waals surface area contributed by atoms with Crippen LogP contribution in [0.1, 0.15) is 32.8 Å². The molecule has 1 heterocycles. The van der Waals surface area contributed by atoms with Gasteiger partial charge in [-0.15, -0.1) is 11.3 Å². The zero-order valence-corrected chi connectivity index (χ0v) is 11.7. The molecular formula is C14H13NO4S. The number of nitrogens with zero attached hydrogens (tertiary/aromatic N) is 1. The zero-order valence-electron chi connectivity index (χ0n) is 10.9. The Hall–Kier alpha value is -2.21. The number of esters is 1. The minimum atomic E-state index is -0.426. The lowest BCUT2D eigenvalue weighted by molar-refractivity contribution is 0.0520. The van der Waals surface area contributed by atoms with Gasteiger partial charge in [0.25, 0.3) is 0 Å². The summed E-state index contributed by atoms with van der Waals surface area (Å²) in [7, 11) is 0. The summed E-state index contributed by atoms with van der Waals surface area (Å²) in [5.41, 5.74) is 0.892. The molecule has 0 amide bonds. The number of aromatic nitrogens is 1. The Balaban J connectivity index is 1.93. The number of rotatable bonds is 6. The Labute approximate surface area is 120 Å². The van der Waals surface area contributed by atoms with E-state index in [4.69, 9.17) is 9.47 Å². The smallest absolute Gasteiger partial charge is 0.357 e. The molecule has 0 atom stereocenters. The van der Waals surface area contributed by atoms with E-state index in [0.29, 0.717) is 28.6 Å². The molecule has 0 saturated carbocycles. The zero-order chi connectivity index (χ0) is 14.4. The van der Waals surface area contributed by atoms with Crippen LogP contribution in [-0.4, -0.2) is 23.8 Å². The predicted octanol–water partition coefficient (Wildman–Crippen LogP) is 2.71. The molecule has 0 spiro atoms. The molecule has 0 unspecified atom stereocenters. The fourth-order valence-corrected chi connectivity index (χ4v) is 2.14. The summed E-state index contributed by atoms with van der Waals surface area (Å²) in [5, 5.41) is 2.33. The fourth-order valence-electron chi connectivity index (χ4n) is 1.46. The van der Waals surface area contributed by atoms with Crippen molar-refractivity contribution in [2.24, 2.45) is 0 Å². The van der Waals surface area contributed by atoms with Gasteiger partial charge in [0.2, 0.25) is 0 Å². The maximum Gasteiger partial charge on any atom is 0.357 e. The van der Waals surface area contributed by atoms with Crippen molar-refractivity contribution in [3.8, 4) is 5.75 Å². The summed E-state index contributed by atoms with van der Waals surface area (Å²) in [6.07, 6.45) is 0.774. The van der Waals surface area contributed by atoms with Gasteiger partial charge in [-0.25, -0.2) is 9.78 Å². The normalized spacial score (nSPS) is 10.1. The summed E-state index contributed by atoms with van der Waals surface area (Å²) in [6.45, 7) is 2.34.